The van der Waals surface area contributed by atoms with Crippen LogP contribution in [0.2, 0.25) is 0 Å². The summed E-state index contributed by atoms with van der Waals surface area (Å²) in [5.74, 6) is -0.401. The fraction of sp³-hybridized carbons (Fsp3) is 0.0625. The lowest BCUT2D eigenvalue weighted by Crippen LogP contribution is -2.14. The van der Waals surface area contributed by atoms with E-state index in [0.29, 0.717) is 17.8 Å². The summed E-state index contributed by atoms with van der Waals surface area (Å²) < 4.78 is 0. The normalized spacial score (nSPS) is 9.52. The molecule has 0 aliphatic rings. The molecular weight excluding hydrogens is 280 g/mol. The molecule has 0 saturated heterocycles. The maximum Gasteiger partial charge on any atom is 0.259 e. The fourth-order valence-electron chi connectivity index (χ4n) is 1.93. The topological polar surface area (TPSA) is 75.3 Å². The molecular formula is C16H20N2O2Si. The molecule has 0 saturated carbocycles. The summed E-state index contributed by atoms with van der Waals surface area (Å²) in [6, 6.07) is 11.8. The fourth-order valence-corrected chi connectivity index (χ4v) is 1.93. The third-order valence-corrected chi connectivity index (χ3v) is 2.89. The highest BCUT2D eigenvalue weighted by atomic mass is 28.1. The van der Waals surface area contributed by atoms with E-state index in [1.807, 2.05) is 0 Å². The van der Waals surface area contributed by atoms with Gasteiger partial charge in [-0.2, -0.15) is 0 Å². The number of phenols is 1. The summed E-state index contributed by atoms with van der Waals surface area (Å²) in [7, 11) is 0. The molecule has 2 aromatic rings. The lowest BCUT2D eigenvalue weighted by molar-refractivity contribution is 0.102. The standard InChI is InChI=1S/C16H16N2O2.H4Si/c1-2-4-11-5-3-6-14(19)15(11)16(20)18-13-9-7-12(17)8-10-13;/h2-3,5-10,19H,1,4,17H2,(H,18,20);1H4. The van der Waals surface area contributed by atoms with Crippen LogP contribution in [0.3, 0.4) is 0 Å². The first-order chi connectivity index (χ1) is 9.61. The third kappa shape index (κ3) is 3.96. The Balaban J connectivity index is 0.00000220. The first-order valence-electron chi connectivity index (χ1n) is 6.20. The van der Waals surface area contributed by atoms with Crippen LogP contribution in [0.4, 0.5) is 11.4 Å². The molecule has 4 nitrogen and oxygen atoms in total. The molecule has 110 valence electrons. The molecule has 0 heterocycles. The van der Waals surface area contributed by atoms with Gasteiger partial charge in [0.25, 0.3) is 5.91 Å². The lowest BCUT2D eigenvalue weighted by atomic mass is 10.0. The van der Waals surface area contributed by atoms with Crippen molar-refractivity contribution in [2.45, 2.75) is 6.42 Å². The van der Waals surface area contributed by atoms with Crippen molar-refractivity contribution in [2.75, 3.05) is 11.1 Å². The molecule has 4 N–H and O–H groups in total. The van der Waals surface area contributed by atoms with Crippen molar-refractivity contribution in [3.63, 3.8) is 0 Å². The summed E-state index contributed by atoms with van der Waals surface area (Å²) in [6.45, 7) is 3.65. The quantitative estimate of drug-likeness (QED) is 0.455. The molecule has 0 aliphatic heterocycles. The van der Waals surface area contributed by atoms with E-state index in [-0.39, 0.29) is 28.2 Å². The van der Waals surface area contributed by atoms with Crippen molar-refractivity contribution in [1.29, 1.82) is 0 Å². The van der Waals surface area contributed by atoms with Crippen molar-refractivity contribution in [3.05, 3.63) is 66.2 Å². The van der Waals surface area contributed by atoms with Crippen LogP contribution in [0, 0.1) is 0 Å². The van der Waals surface area contributed by atoms with E-state index in [1.54, 1.807) is 42.5 Å². The molecule has 1 amide bonds. The van der Waals surface area contributed by atoms with E-state index in [2.05, 4.69) is 11.9 Å². The molecule has 0 atom stereocenters. The smallest absolute Gasteiger partial charge is 0.259 e. The number of hydrogen-bond acceptors (Lipinski definition) is 3. The minimum absolute atomic E-state index is 0. The van der Waals surface area contributed by atoms with Crippen LogP contribution >= 0.6 is 0 Å². The zero-order valence-electron chi connectivity index (χ0n) is 11.0. The summed E-state index contributed by atoms with van der Waals surface area (Å²) in [5.41, 5.74) is 7.84. The average Bonchev–Trinajstić information content (AvgIpc) is 2.42. The molecule has 0 aliphatic carbocycles. The molecule has 2 rings (SSSR count). The number of nitrogens with one attached hydrogen (secondary N) is 1. The highest BCUT2D eigenvalue weighted by Gasteiger charge is 2.15. The van der Waals surface area contributed by atoms with E-state index < -0.39 is 0 Å². The molecule has 5 heteroatoms. The number of anilines is 2. The molecule has 0 spiro atoms. The summed E-state index contributed by atoms with van der Waals surface area (Å²) in [4.78, 5) is 12.3. The molecule has 0 radical (unpaired) electrons. The monoisotopic (exact) mass is 300 g/mol. The SMILES string of the molecule is C=CCc1cccc(O)c1C(=O)Nc1ccc(N)cc1.[SiH4]. The number of allylic oxidation sites excluding steroid dienone is 1. The minimum atomic E-state index is -0.357. The van der Waals surface area contributed by atoms with Gasteiger partial charge in [-0.05, 0) is 53.3 Å². The average molecular weight is 300 g/mol. The predicted molar refractivity (Wildman–Crippen MR) is 92.1 cm³/mol. The van der Waals surface area contributed by atoms with Crippen molar-refractivity contribution < 1.29 is 9.90 Å². The second-order valence-corrected chi connectivity index (χ2v) is 4.38. The Morgan fingerprint density at radius 2 is 1.90 bits per heavy atom. The van der Waals surface area contributed by atoms with Gasteiger partial charge in [0.15, 0.2) is 0 Å². The molecule has 2 aromatic carbocycles. The number of nitrogens with two attached hydrogens (primary N) is 1. The van der Waals surface area contributed by atoms with Crippen LogP contribution in [-0.2, 0) is 6.42 Å². The number of aromatic hydroxyl groups is 1. The van der Waals surface area contributed by atoms with Crippen LogP contribution in [0.5, 0.6) is 5.75 Å². The maximum absolute atomic E-state index is 12.3. The number of carbonyl (C=O) groups is 1. The minimum Gasteiger partial charge on any atom is -0.507 e. The Morgan fingerprint density at radius 3 is 2.52 bits per heavy atom. The number of rotatable bonds is 4. The van der Waals surface area contributed by atoms with Gasteiger partial charge in [0.2, 0.25) is 0 Å². The summed E-state index contributed by atoms with van der Waals surface area (Å²) >= 11 is 0. The Labute approximate surface area is 128 Å². The highest BCUT2D eigenvalue weighted by molar-refractivity contribution is 6.07. The Morgan fingerprint density at radius 1 is 1.24 bits per heavy atom. The van der Waals surface area contributed by atoms with E-state index in [1.165, 1.54) is 6.07 Å². The van der Waals surface area contributed by atoms with E-state index in [9.17, 15) is 9.90 Å². The van der Waals surface area contributed by atoms with Gasteiger partial charge < -0.3 is 16.2 Å². The van der Waals surface area contributed by atoms with Crippen LogP contribution in [0.25, 0.3) is 0 Å². The number of nitrogen functional groups attached to an aromatic ring is 1. The van der Waals surface area contributed by atoms with Crippen LogP contribution < -0.4 is 11.1 Å². The Kier molecular flexibility index (Phi) is 5.75. The molecule has 0 aromatic heterocycles. The summed E-state index contributed by atoms with van der Waals surface area (Å²) in [5, 5.41) is 12.6. The molecule has 0 bridgehead atoms. The summed E-state index contributed by atoms with van der Waals surface area (Å²) in [6.07, 6.45) is 2.20. The maximum atomic E-state index is 12.3. The Hall–Kier alpha value is -2.53. The van der Waals surface area contributed by atoms with Gasteiger partial charge in [-0.15, -0.1) is 6.58 Å². The lowest BCUT2D eigenvalue weighted by Gasteiger charge is -2.11. The van der Waals surface area contributed by atoms with Gasteiger partial charge in [0.05, 0.1) is 5.56 Å². The van der Waals surface area contributed by atoms with Gasteiger partial charge in [-0.25, -0.2) is 0 Å². The number of carbonyl (C=O) groups excluding carboxylic acids is 1. The van der Waals surface area contributed by atoms with Gasteiger partial charge in [0, 0.05) is 11.4 Å². The Bertz CT molecular complexity index is 639. The molecule has 0 fully saturated rings. The second-order valence-electron chi connectivity index (χ2n) is 4.38. The highest BCUT2D eigenvalue weighted by Crippen LogP contribution is 2.23. The first kappa shape index (κ1) is 16.5. The number of hydrogen-bond donors (Lipinski definition) is 3. The van der Waals surface area contributed by atoms with E-state index >= 15 is 0 Å². The molecule has 0 unspecified atom stereocenters. The second kappa shape index (κ2) is 7.30. The largest absolute Gasteiger partial charge is 0.507 e. The van der Waals surface area contributed by atoms with Crippen molar-refractivity contribution in [1.82, 2.24) is 0 Å². The van der Waals surface area contributed by atoms with Gasteiger partial charge >= 0.3 is 0 Å². The number of benzene rings is 2. The van der Waals surface area contributed by atoms with Crippen LogP contribution in [0.1, 0.15) is 15.9 Å². The van der Waals surface area contributed by atoms with Gasteiger partial charge in [0.1, 0.15) is 5.75 Å². The number of phenolic OH excluding ortho intramolecular Hbond substituents is 1. The van der Waals surface area contributed by atoms with E-state index in [0.717, 1.165) is 5.56 Å². The predicted octanol–water partition coefficient (Wildman–Crippen LogP) is 1.50. The van der Waals surface area contributed by atoms with Crippen molar-refractivity contribution in [3.8, 4) is 5.75 Å². The van der Waals surface area contributed by atoms with E-state index in [4.69, 9.17) is 5.73 Å². The zero-order chi connectivity index (χ0) is 14.5. The van der Waals surface area contributed by atoms with Gasteiger partial charge in [-0.1, -0.05) is 18.2 Å². The van der Waals surface area contributed by atoms with Crippen LogP contribution in [-0.4, -0.2) is 22.0 Å². The van der Waals surface area contributed by atoms with Crippen molar-refractivity contribution in [2.24, 2.45) is 0 Å². The molecule has 21 heavy (non-hydrogen) atoms. The van der Waals surface area contributed by atoms with Crippen LogP contribution in [0.15, 0.2) is 55.1 Å². The van der Waals surface area contributed by atoms with Crippen molar-refractivity contribution >= 4 is 28.2 Å². The van der Waals surface area contributed by atoms with Gasteiger partial charge in [-0.3, -0.25) is 4.79 Å². The number of amides is 1. The third-order valence-electron chi connectivity index (χ3n) is 2.89. The zero-order valence-corrected chi connectivity index (χ0v) is 11.0. The first-order valence-corrected chi connectivity index (χ1v) is 6.20.